The minimum Gasteiger partial charge on any atom is -0.299 e. The highest BCUT2D eigenvalue weighted by Gasteiger charge is 2.51. The summed E-state index contributed by atoms with van der Waals surface area (Å²) >= 11 is 0. The highest BCUT2D eigenvalue weighted by molar-refractivity contribution is 5.86. The Labute approximate surface area is 89.3 Å². The summed E-state index contributed by atoms with van der Waals surface area (Å²) < 4.78 is 12.8. The molecule has 1 unspecified atom stereocenters. The SMILES string of the molecule is CC(=O)C1(C(C)c2ccc(F)cc2)CC1. The molecule has 1 aromatic carbocycles. The molecular weight excluding hydrogens is 191 g/mol. The van der Waals surface area contributed by atoms with E-state index in [-0.39, 0.29) is 22.9 Å². The van der Waals surface area contributed by atoms with Crippen LogP contribution in [0.3, 0.4) is 0 Å². The van der Waals surface area contributed by atoms with Gasteiger partial charge in [0.1, 0.15) is 11.6 Å². The van der Waals surface area contributed by atoms with Crippen molar-refractivity contribution < 1.29 is 9.18 Å². The molecule has 2 heteroatoms. The largest absolute Gasteiger partial charge is 0.299 e. The molecule has 0 bridgehead atoms. The first kappa shape index (κ1) is 10.3. The van der Waals surface area contributed by atoms with Gasteiger partial charge in [-0.25, -0.2) is 4.39 Å². The maximum atomic E-state index is 12.8. The fraction of sp³-hybridized carbons (Fsp3) is 0.462. The molecule has 0 amide bonds. The molecule has 0 aliphatic heterocycles. The Morgan fingerprint density at radius 2 is 1.87 bits per heavy atom. The minimum absolute atomic E-state index is 0.155. The molecule has 1 atom stereocenters. The zero-order chi connectivity index (χ0) is 11.1. The summed E-state index contributed by atoms with van der Waals surface area (Å²) in [6.45, 7) is 3.72. The predicted octanol–water partition coefficient (Wildman–Crippen LogP) is 3.30. The smallest absolute Gasteiger partial charge is 0.136 e. The zero-order valence-corrected chi connectivity index (χ0v) is 9.09. The third-order valence-corrected chi connectivity index (χ3v) is 3.69. The van der Waals surface area contributed by atoms with Crippen LogP contribution in [0.1, 0.15) is 38.2 Å². The van der Waals surface area contributed by atoms with Crippen LogP contribution in [0, 0.1) is 11.2 Å². The van der Waals surface area contributed by atoms with Crippen LogP contribution in [-0.2, 0) is 4.79 Å². The van der Waals surface area contributed by atoms with E-state index in [1.807, 2.05) is 0 Å². The molecule has 0 N–H and O–H groups in total. The number of ketones is 1. The third-order valence-electron chi connectivity index (χ3n) is 3.69. The van der Waals surface area contributed by atoms with Gasteiger partial charge < -0.3 is 0 Å². The molecular formula is C13H15FO. The van der Waals surface area contributed by atoms with Crippen molar-refractivity contribution in [2.75, 3.05) is 0 Å². The van der Waals surface area contributed by atoms with Gasteiger partial charge in [-0.15, -0.1) is 0 Å². The average Bonchev–Trinajstić information content (AvgIpc) is 2.98. The number of benzene rings is 1. The Morgan fingerprint density at radius 3 is 2.27 bits per heavy atom. The normalized spacial score (nSPS) is 19.7. The van der Waals surface area contributed by atoms with E-state index >= 15 is 0 Å². The summed E-state index contributed by atoms with van der Waals surface area (Å²) in [7, 11) is 0. The molecule has 0 radical (unpaired) electrons. The van der Waals surface area contributed by atoms with Gasteiger partial charge in [-0.3, -0.25) is 4.79 Å². The van der Waals surface area contributed by atoms with Crippen LogP contribution in [0.25, 0.3) is 0 Å². The third kappa shape index (κ3) is 1.69. The van der Waals surface area contributed by atoms with Crippen LogP contribution in [0.5, 0.6) is 0 Å². The Kier molecular flexibility index (Phi) is 2.37. The highest BCUT2D eigenvalue weighted by atomic mass is 19.1. The Balaban J connectivity index is 2.25. The fourth-order valence-electron chi connectivity index (χ4n) is 2.30. The summed E-state index contributed by atoms with van der Waals surface area (Å²) in [4.78, 5) is 11.5. The Hall–Kier alpha value is -1.18. The lowest BCUT2D eigenvalue weighted by atomic mass is 9.82. The van der Waals surface area contributed by atoms with Crippen LogP contribution in [0.15, 0.2) is 24.3 Å². The van der Waals surface area contributed by atoms with Crippen molar-refractivity contribution in [3.8, 4) is 0 Å². The number of hydrogen-bond donors (Lipinski definition) is 0. The van der Waals surface area contributed by atoms with Crippen molar-refractivity contribution >= 4 is 5.78 Å². The van der Waals surface area contributed by atoms with Crippen molar-refractivity contribution in [2.45, 2.75) is 32.6 Å². The lowest BCUT2D eigenvalue weighted by molar-refractivity contribution is -0.122. The topological polar surface area (TPSA) is 17.1 Å². The number of hydrogen-bond acceptors (Lipinski definition) is 1. The van der Waals surface area contributed by atoms with E-state index in [1.165, 1.54) is 12.1 Å². The van der Waals surface area contributed by atoms with Gasteiger partial charge in [0.05, 0.1) is 0 Å². The molecule has 15 heavy (non-hydrogen) atoms. The second-order valence-electron chi connectivity index (χ2n) is 4.49. The summed E-state index contributed by atoms with van der Waals surface area (Å²) in [6, 6.07) is 6.48. The number of rotatable bonds is 3. The Bertz CT molecular complexity index is 376. The molecule has 80 valence electrons. The van der Waals surface area contributed by atoms with Crippen molar-refractivity contribution in [1.29, 1.82) is 0 Å². The predicted molar refractivity (Wildman–Crippen MR) is 57.2 cm³/mol. The second kappa shape index (κ2) is 3.44. The standard InChI is InChI=1S/C13H15FO/c1-9(13(7-8-13)10(2)15)11-3-5-12(14)6-4-11/h3-6,9H,7-8H2,1-2H3. The lowest BCUT2D eigenvalue weighted by Crippen LogP contribution is -2.19. The Morgan fingerprint density at radius 1 is 1.33 bits per heavy atom. The van der Waals surface area contributed by atoms with Gasteiger partial charge in [0, 0.05) is 5.41 Å². The quantitative estimate of drug-likeness (QED) is 0.741. The van der Waals surface area contributed by atoms with Gasteiger partial charge in [-0.1, -0.05) is 19.1 Å². The monoisotopic (exact) mass is 206 g/mol. The lowest BCUT2D eigenvalue weighted by Gasteiger charge is -2.20. The van der Waals surface area contributed by atoms with E-state index in [9.17, 15) is 9.18 Å². The first-order valence-electron chi connectivity index (χ1n) is 5.33. The molecule has 2 rings (SSSR count). The van der Waals surface area contributed by atoms with Crippen molar-refractivity contribution in [3.05, 3.63) is 35.6 Å². The first-order chi connectivity index (χ1) is 7.06. The molecule has 1 aromatic rings. The van der Waals surface area contributed by atoms with E-state index in [0.717, 1.165) is 18.4 Å². The maximum absolute atomic E-state index is 12.8. The van der Waals surface area contributed by atoms with E-state index in [1.54, 1.807) is 19.1 Å². The van der Waals surface area contributed by atoms with Gasteiger partial charge in [0.15, 0.2) is 0 Å². The van der Waals surface area contributed by atoms with Crippen LogP contribution in [-0.4, -0.2) is 5.78 Å². The van der Waals surface area contributed by atoms with Gasteiger partial charge in [0.2, 0.25) is 0 Å². The van der Waals surface area contributed by atoms with E-state index in [0.29, 0.717) is 0 Å². The van der Waals surface area contributed by atoms with Crippen molar-refractivity contribution in [1.82, 2.24) is 0 Å². The number of carbonyl (C=O) groups excluding carboxylic acids is 1. The van der Waals surface area contributed by atoms with Gasteiger partial charge in [-0.2, -0.15) is 0 Å². The van der Waals surface area contributed by atoms with Crippen LogP contribution in [0.4, 0.5) is 4.39 Å². The maximum Gasteiger partial charge on any atom is 0.136 e. The van der Waals surface area contributed by atoms with Crippen LogP contribution in [0.2, 0.25) is 0 Å². The molecule has 1 aliphatic carbocycles. The van der Waals surface area contributed by atoms with E-state index in [2.05, 4.69) is 6.92 Å². The minimum atomic E-state index is -0.223. The zero-order valence-electron chi connectivity index (χ0n) is 9.09. The molecule has 1 nitrogen and oxygen atoms in total. The second-order valence-corrected chi connectivity index (χ2v) is 4.49. The summed E-state index contributed by atoms with van der Waals surface area (Å²) in [6.07, 6.45) is 1.95. The average molecular weight is 206 g/mol. The molecule has 1 aliphatic rings. The summed E-state index contributed by atoms with van der Waals surface area (Å²) in [5, 5.41) is 0. The molecule has 0 saturated heterocycles. The number of halogens is 1. The molecule has 0 aromatic heterocycles. The number of Topliss-reactive ketones (excluding diaryl/α,β-unsaturated/α-hetero) is 1. The van der Waals surface area contributed by atoms with E-state index in [4.69, 9.17) is 0 Å². The van der Waals surface area contributed by atoms with Crippen LogP contribution >= 0.6 is 0 Å². The summed E-state index contributed by atoms with van der Waals surface area (Å²) in [5.41, 5.74) is 0.904. The fourth-order valence-corrected chi connectivity index (χ4v) is 2.30. The number of carbonyl (C=O) groups is 1. The van der Waals surface area contributed by atoms with E-state index < -0.39 is 0 Å². The first-order valence-corrected chi connectivity index (χ1v) is 5.33. The van der Waals surface area contributed by atoms with Gasteiger partial charge in [0.25, 0.3) is 0 Å². The molecule has 1 saturated carbocycles. The molecule has 0 heterocycles. The molecule has 1 fully saturated rings. The highest BCUT2D eigenvalue weighted by Crippen LogP contribution is 2.56. The van der Waals surface area contributed by atoms with Gasteiger partial charge in [-0.05, 0) is 43.4 Å². The van der Waals surface area contributed by atoms with Gasteiger partial charge >= 0.3 is 0 Å². The summed E-state index contributed by atoms with van der Waals surface area (Å²) in [5.74, 6) is 0.244. The van der Waals surface area contributed by atoms with Crippen molar-refractivity contribution in [3.63, 3.8) is 0 Å². The molecule has 0 spiro atoms. The van der Waals surface area contributed by atoms with Crippen molar-refractivity contribution in [2.24, 2.45) is 5.41 Å². The van der Waals surface area contributed by atoms with Crippen LogP contribution < -0.4 is 0 Å².